The number of benzene rings is 1. The lowest BCUT2D eigenvalue weighted by molar-refractivity contribution is -0.137. The van der Waals surface area contributed by atoms with Gasteiger partial charge in [0.2, 0.25) is 5.91 Å². The Morgan fingerprint density at radius 2 is 1.91 bits per heavy atom. The topological polar surface area (TPSA) is 58.6 Å². The Morgan fingerprint density at radius 3 is 2.51 bits per heavy atom. The Hall–Kier alpha value is -2.00. The van der Waals surface area contributed by atoms with Gasteiger partial charge in [-0.3, -0.25) is 14.5 Å². The number of fused-ring (bicyclic) bond motifs is 1. The van der Waals surface area contributed by atoms with E-state index in [1.54, 1.807) is 6.92 Å². The number of rotatable bonds is 7. The number of nitrogens with one attached hydrogen (secondary N) is 1. The van der Waals surface area contributed by atoms with Gasteiger partial charge in [-0.15, -0.1) is 0 Å². The van der Waals surface area contributed by atoms with Gasteiger partial charge < -0.3 is 10.1 Å². The second-order valence-corrected chi connectivity index (χ2v) is 9.36. The van der Waals surface area contributed by atoms with Gasteiger partial charge in [0.25, 0.3) is 5.91 Å². The monoisotopic (exact) mass is 502 g/mol. The summed E-state index contributed by atoms with van der Waals surface area (Å²) in [7, 11) is 0. The molecule has 4 atom stereocenters. The van der Waals surface area contributed by atoms with Crippen LogP contribution in [0.15, 0.2) is 18.2 Å². The van der Waals surface area contributed by atoms with Crippen molar-refractivity contribution in [1.82, 2.24) is 10.2 Å². The van der Waals surface area contributed by atoms with Crippen LogP contribution in [-0.2, 0) is 22.1 Å². The van der Waals surface area contributed by atoms with E-state index in [1.165, 1.54) is 12.5 Å². The van der Waals surface area contributed by atoms with E-state index in [1.807, 2.05) is 6.92 Å². The van der Waals surface area contributed by atoms with E-state index in [0.29, 0.717) is 37.9 Å². The van der Waals surface area contributed by atoms with Crippen LogP contribution in [0.25, 0.3) is 0 Å². The van der Waals surface area contributed by atoms with E-state index >= 15 is 0 Å². The third-order valence-corrected chi connectivity index (χ3v) is 6.38. The van der Waals surface area contributed by atoms with Gasteiger partial charge in [-0.2, -0.15) is 13.2 Å². The molecule has 3 rings (SSSR count). The number of carbonyl (C=O) groups is 2. The van der Waals surface area contributed by atoms with Crippen LogP contribution < -0.4 is 5.32 Å². The molecule has 35 heavy (non-hydrogen) atoms. The Labute approximate surface area is 205 Å². The molecule has 0 aliphatic carbocycles. The van der Waals surface area contributed by atoms with Crippen molar-refractivity contribution >= 4 is 11.8 Å². The zero-order valence-electron chi connectivity index (χ0n) is 21.1. The summed E-state index contributed by atoms with van der Waals surface area (Å²) >= 11 is 0. The molecule has 0 radical (unpaired) electrons. The van der Waals surface area contributed by atoms with E-state index in [4.69, 9.17) is 4.74 Å². The van der Waals surface area contributed by atoms with Crippen molar-refractivity contribution in [3.63, 3.8) is 0 Å². The smallest absolute Gasteiger partial charge is 0.378 e. The van der Waals surface area contributed by atoms with Crippen LogP contribution in [-0.4, -0.2) is 54.7 Å². The molecular weight excluding hydrogens is 464 g/mol. The zero-order chi connectivity index (χ0) is 26.2. The predicted molar refractivity (Wildman–Crippen MR) is 127 cm³/mol. The standard InChI is InChI=1S/C23H30F4N2O3.C3H8/c1-3-17(28-20-9-11-32-13-19(20)24)7-4-14(2)21(30)29-10-8-15-5-6-16(23(25,26)27)12-18(15)22(29)31;1-3-2/h5-6,12,14,17,19-20,28H,3-4,7-11,13H2,1-2H3;3H2,1-2H3/t14-,17?,19?,20?;/m1./s1. The summed E-state index contributed by atoms with van der Waals surface area (Å²) in [4.78, 5) is 26.8. The van der Waals surface area contributed by atoms with Crippen molar-refractivity contribution in [1.29, 1.82) is 0 Å². The fourth-order valence-corrected chi connectivity index (χ4v) is 4.30. The number of ether oxygens (including phenoxy) is 1. The Balaban J connectivity index is 0.00000137. The van der Waals surface area contributed by atoms with Gasteiger partial charge >= 0.3 is 6.18 Å². The van der Waals surface area contributed by atoms with Crippen molar-refractivity contribution < 1.29 is 31.9 Å². The fraction of sp³-hybridized carbons (Fsp3) is 0.692. The molecule has 2 amide bonds. The van der Waals surface area contributed by atoms with E-state index in [9.17, 15) is 27.2 Å². The third kappa shape index (κ3) is 8.00. The normalized spacial score (nSPS) is 22.1. The van der Waals surface area contributed by atoms with Crippen LogP contribution in [0.2, 0.25) is 0 Å². The van der Waals surface area contributed by atoms with E-state index in [0.717, 1.165) is 23.5 Å². The predicted octanol–water partition coefficient (Wildman–Crippen LogP) is 5.56. The first-order chi connectivity index (χ1) is 16.5. The first kappa shape index (κ1) is 29.2. The molecule has 198 valence electrons. The summed E-state index contributed by atoms with van der Waals surface area (Å²) in [5.41, 5.74) is -0.441. The summed E-state index contributed by atoms with van der Waals surface area (Å²) in [5, 5.41) is 3.32. The highest BCUT2D eigenvalue weighted by Gasteiger charge is 2.36. The zero-order valence-corrected chi connectivity index (χ0v) is 21.1. The highest BCUT2D eigenvalue weighted by Crippen LogP contribution is 2.32. The minimum absolute atomic E-state index is 0.0266. The van der Waals surface area contributed by atoms with E-state index in [2.05, 4.69) is 19.2 Å². The molecule has 0 spiro atoms. The van der Waals surface area contributed by atoms with E-state index in [-0.39, 0.29) is 36.7 Å². The van der Waals surface area contributed by atoms with Gasteiger partial charge in [-0.05, 0) is 49.8 Å². The third-order valence-electron chi connectivity index (χ3n) is 6.38. The maximum Gasteiger partial charge on any atom is 0.416 e. The highest BCUT2D eigenvalue weighted by atomic mass is 19.4. The molecule has 2 aliphatic rings. The van der Waals surface area contributed by atoms with Crippen LogP contribution in [0.1, 0.15) is 81.3 Å². The minimum Gasteiger partial charge on any atom is -0.378 e. The first-order valence-electron chi connectivity index (χ1n) is 12.6. The maximum absolute atomic E-state index is 14.0. The number of amides is 2. The molecule has 0 aromatic heterocycles. The van der Waals surface area contributed by atoms with Crippen molar-refractivity contribution in [2.45, 2.75) is 90.7 Å². The average Bonchev–Trinajstić information content (AvgIpc) is 2.82. The molecule has 2 aliphatic heterocycles. The summed E-state index contributed by atoms with van der Waals surface area (Å²) in [6.07, 6.45) is -1.56. The molecule has 3 unspecified atom stereocenters. The van der Waals surface area contributed by atoms with Gasteiger partial charge in [0.15, 0.2) is 0 Å². The lowest BCUT2D eigenvalue weighted by Crippen LogP contribution is -2.48. The average molecular weight is 503 g/mol. The largest absolute Gasteiger partial charge is 0.416 e. The number of halogens is 4. The lowest BCUT2D eigenvalue weighted by atomic mass is 9.93. The van der Waals surface area contributed by atoms with Gasteiger partial charge in [0.05, 0.1) is 12.2 Å². The van der Waals surface area contributed by atoms with Crippen LogP contribution in [0, 0.1) is 5.92 Å². The lowest BCUT2D eigenvalue weighted by Gasteiger charge is -2.32. The molecule has 1 saturated heterocycles. The summed E-state index contributed by atoms with van der Waals surface area (Å²) in [6.45, 7) is 8.70. The van der Waals surface area contributed by atoms with Crippen LogP contribution in [0.4, 0.5) is 17.6 Å². The minimum atomic E-state index is -4.56. The first-order valence-corrected chi connectivity index (χ1v) is 12.6. The van der Waals surface area contributed by atoms with Crippen molar-refractivity contribution in [3.8, 4) is 0 Å². The second kappa shape index (κ2) is 13.3. The van der Waals surface area contributed by atoms with Gasteiger partial charge in [0.1, 0.15) is 6.17 Å². The quantitative estimate of drug-likeness (QED) is 0.496. The molecule has 0 bridgehead atoms. The molecule has 1 fully saturated rings. The molecule has 5 nitrogen and oxygen atoms in total. The maximum atomic E-state index is 14.0. The van der Waals surface area contributed by atoms with E-state index < -0.39 is 29.7 Å². The molecule has 1 aromatic carbocycles. The number of imide groups is 1. The summed E-state index contributed by atoms with van der Waals surface area (Å²) < 4.78 is 58.3. The number of nitrogens with zero attached hydrogens (tertiary/aromatic N) is 1. The fourth-order valence-electron chi connectivity index (χ4n) is 4.30. The Morgan fingerprint density at radius 1 is 1.23 bits per heavy atom. The molecule has 9 heteroatoms. The molecule has 2 heterocycles. The van der Waals surface area contributed by atoms with Crippen molar-refractivity contribution in [2.75, 3.05) is 19.8 Å². The molecule has 0 saturated carbocycles. The number of hydrogen-bond donors (Lipinski definition) is 1. The van der Waals surface area contributed by atoms with Crippen molar-refractivity contribution in [3.05, 3.63) is 34.9 Å². The highest BCUT2D eigenvalue weighted by molar-refractivity contribution is 6.07. The number of carbonyl (C=O) groups excluding carboxylic acids is 2. The summed E-state index contributed by atoms with van der Waals surface area (Å²) in [6, 6.07) is 2.86. The van der Waals surface area contributed by atoms with Gasteiger partial charge in [0, 0.05) is 36.7 Å². The SMILES string of the molecule is CCC.CCC(CC[C@@H](C)C(=O)N1CCc2ccc(C(F)(F)F)cc2C1=O)NC1CCOCC1F. The van der Waals surface area contributed by atoms with Gasteiger partial charge in [-0.25, -0.2) is 4.39 Å². The van der Waals surface area contributed by atoms with Crippen LogP contribution in [0.3, 0.4) is 0 Å². The molecule has 1 N–H and O–H groups in total. The Bertz CT molecular complexity index is 846. The van der Waals surface area contributed by atoms with Gasteiger partial charge in [-0.1, -0.05) is 40.2 Å². The summed E-state index contributed by atoms with van der Waals surface area (Å²) in [5.74, 6) is -1.54. The molecule has 1 aromatic rings. The van der Waals surface area contributed by atoms with Crippen LogP contribution in [0.5, 0.6) is 0 Å². The number of hydrogen-bond acceptors (Lipinski definition) is 4. The Kier molecular flexibility index (Phi) is 11.1. The van der Waals surface area contributed by atoms with Crippen molar-refractivity contribution in [2.24, 2.45) is 5.92 Å². The van der Waals surface area contributed by atoms with Crippen LogP contribution >= 0.6 is 0 Å². The molecular formula is C26H38F4N2O3. The second-order valence-electron chi connectivity index (χ2n) is 9.36. The number of alkyl halides is 4.